The summed E-state index contributed by atoms with van der Waals surface area (Å²) in [5, 5.41) is 33.6. The number of esters is 1. The monoisotopic (exact) mass is 445 g/mol. The van der Waals surface area contributed by atoms with Crippen molar-refractivity contribution in [3.8, 4) is 29.7 Å². The molecule has 2 aromatic rings. The van der Waals surface area contributed by atoms with Crippen LogP contribution in [-0.4, -0.2) is 33.3 Å². The lowest BCUT2D eigenvalue weighted by molar-refractivity contribution is 0.0526. The molecule has 0 amide bonds. The summed E-state index contributed by atoms with van der Waals surface area (Å²) >= 11 is 0. The van der Waals surface area contributed by atoms with Crippen LogP contribution in [0.25, 0.3) is 0 Å². The number of allylic oxidation sites excluding steroid dienone is 2. The molecular formula is C24H23N5O4. The lowest BCUT2D eigenvalue weighted by atomic mass is 10.1. The molecule has 0 aromatic heterocycles. The molecular weight excluding hydrogens is 422 g/mol. The maximum Gasteiger partial charge on any atom is 0.338 e. The zero-order chi connectivity index (χ0) is 24.2. The van der Waals surface area contributed by atoms with Gasteiger partial charge in [-0.25, -0.2) is 4.79 Å². The fourth-order valence-electron chi connectivity index (χ4n) is 2.94. The van der Waals surface area contributed by atoms with Gasteiger partial charge in [0.25, 0.3) is 0 Å². The van der Waals surface area contributed by atoms with Gasteiger partial charge in [-0.2, -0.15) is 15.8 Å². The standard InChI is InChI=1S/C24H23N5O4/c1-4-33-24(30)17-6-7-19(20(12-17)29-21(15-27)18(13-25)14-26)28-10-9-16-5-8-22(31-2)23(11-16)32-3/h5-8,11-12,28-29H,4,9-10H2,1-3H3. The molecule has 168 valence electrons. The number of nitrogens with zero attached hydrogens (tertiary/aromatic N) is 3. The smallest absolute Gasteiger partial charge is 0.338 e. The maximum atomic E-state index is 12.1. The van der Waals surface area contributed by atoms with Crippen molar-refractivity contribution >= 4 is 17.3 Å². The summed E-state index contributed by atoms with van der Waals surface area (Å²) in [4.78, 5) is 12.1. The van der Waals surface area contributed by atoms with Crippen LogP contribution in [0.2, 0.25) is 0 Å². The molecule has 0 aliphatic heterocycles. The van der Waals surface area contributed by atoms with Gasteiger partial charge in [-0.05, 0) is 49.2 Å². The van der Waals surface area contributed by atoms with Crippen LogP contribution in [0.3, 0.4) is 0 Å². The molecule has 9 nitrogen and oxygen atoms in total. The molecule has 0 radical (unpaired) electrons. The molecule has 0 saturated carbocycles. The largest absolute Gasteiger partial charge is 0.493 e. The van der Waals surface area contributed by atoms with E-state index < -0.39 is 5.97 Å². The molecule has 0 saturated heterocycles. The lowest BCUT2D eigenvalue weighted by Crippen LogP contribution is -2.11. The third kappa shape index (κ3) is 6.40. The van der Waals surface area contributed by atoms with Gasteiger partial charge in [-0.15, -0.1) is 0 Å². The van der Waals surface area contributed by atoms with Crippen LogP contribution in [0.5, 0.6) is 11.5 Å². The molecule has 9 heteroatoms. The van der Waals surface area contributed by atoms with E-state index in [0.29, 0.717) is 35.8 Å². The highest BCUT2D eigenvalue weighted by molar-refractivity contribution is 5.92. The van der Waals surface area contributed by atoms with E-state index in [2.05, 4.69) is 10.6 Å². The number of ether oxygens (including phenoxy) is 3. The van der Waals surface area contributed by atoms with Crippen LogP contribution in [0, 0.1) is 34.0 Å². The Bertz CT molecular complexity index is 1150. The van der Waals surface area contributed by atoms with Gasteiger partial charge in [-0.3, -0.25) is 0 Å². The number of nitriles is 3. The minimum absolute atomic E-state index is 0.212. The molecule has 0 fully saturated rings. The Morgan fingerprint density at radius 2 is 1.67 bits per heavy atom. The number of benzene rings is 2. The van der Waals surface area contributed by atoms with Gasteiger partial charge in [0.15, 0.2) is 17.1 Å². The summed E-state index contributed by atoms with van der Waals surface area (Å²) in [5.74, 6) is 0.734. The van der Waals surface area contributed by atoms with Crippen LogP contribution in [-0.2, 0) is 11.2 Å². The van der Waals surface area contributed by atoms with Crippen LogP contribution in [0.4, 0.5) is 11.4 Å². The number of nitrogens with one attached hydrogen (secondary N) is 2. The first-order chi connectivity index (χ1) is 16.0. The Labute approximate surface area is 192 Å². The van der Waals surface area contributed by atoms with Crippen molar-refractivity contribution in [2.45, 2.75) is 13.3 Å². The average molecular weight is 445 g/mol. The van der Waals surface area contributed by atoms with Crippen LogP contribution >= 0.6 is 0 Å². The Kier molecular flexibility index (Phi) is 9.12. The van der Waals surface area contributed by atoms with E-state index >= 15 is 0 Å². The van der Waals surface area contributed by atoms with E-state index in [1.54, 1.807) is 45.4 Å². The summed E-state index contributed by atoms with van der Waals surface area (Å²) in [7, 11) is 3.14. The second-order valence-corrected chi connectivity index (χ2v) is 6.56. The first kappa shape index (κ1) is 24.6. The van der Waals surface area contributed by atoms with Gasteiger partial charge in [-0.1, -0.05) is 6.07 Å². The van der Waals surface area contributed by atoms with E-state index in [-0.39, 0.29) is 23.4 Å². The number of rotatable bonds is 10. The maximum absolute atomic E-state index is 12.1. The molecule has 2 N–H and O–H groups in total. The summed E-state index contributed by atoms with van der Waals surface area (Å²) in [6, 6.07) is 15.6. The molecule has 0 aliphatic carbocycles. The SMILES string of the molecule is CCOC(=O)c1ccc(NCCc2ccc(OC)c(OC)c2)c(NC(C#N)=C(C#N)C#N)c1. The predicted molar refractivity (Wildman–Crippen MR) is 122 cm³/mol. The second-order valence-electron chi connectivity index (χ2n) is 6.56. The molecule has 2 rings (SSSR count). The van der Waals surface area contributed by atoms with E-state index in [4.69, 9.17) is 24.7 Å². The highest BCUT2D eigenvalue weighted by Crippen LogP contribution is 2.29. The molecule has 0 bridgehead atoms. The number of hydrogen-bond acceptors (Lipinski definition) is 9. The highest BCUT2D eigenvalue weighted by Gasteiger charge is 2.14. The normalized spacial score (nSPS) is 9.45. The van der Waals surface area contributed by atoms with Gasteiger partial charge in [0, 0.05) is 6.54 Å². The van der Waals surface area contributed by atoms with Gasteiger partial charge in [0.05, 0.1) is 37.8 Å². The molecule has 0 atom stereocenters. The molecule has 2 aromatic carbocycles. The van der Waals surface area contributed by atoms with Gasteiger partial charge >= 0.3 is 5.97 Å². The van der Waals surface area contributed by atoms with E-state index in [0.717, 1.165) is 5.56 Å². The molecule has 0 aliphatic rings. The van der Waals surface area contributed by atoms with Crippen molar-refractivity contribution < 1.29 is 19.0 Å². The van der Waals surface area contributed by atoms with Crippen molar-refractivity contribution in [3.63, 3.8) is 0 Å². The van der Waals surface area contributed by atoms with Crippen LogP contribution < -0.4 is 20.1 Å². The minimum Gasteiger partial charge on any atom is -0.493 e. The number of methoxy groups -OCH3 is 2. The van der Waals surface area contributed by atoms with Crippen molar-refractivity contribution in [1.29, 1.82) is 15.8 Å². The first-order valence-electron chi connectivity index (χ1n) is 9.98. The topological polar surface area (TPSA) is 140 Å². The first-order valence-corrected chi connectivity index (χ1v) is 9.98. The zero-order valence-electron chi connectivity index (χ0n) is 18.6. The third-order valence-corrected chi connectivity index (χ3v) is 4.55. The summed E-state index contributed by atoms with van der Waals surface area (Å²) in [5.41, 5.74) is 1.61. The Morgan fingerprint density at radius 1 is 0.939 bits per heavy atom. The van der Waals surface area contributed by atoms with Gasteiger partial charge < -0.3 is 24.8 Å². The summed E-state index contributed by atoms with van der Waals surface area (Å²) in [6.45, 7) is 2.42. The van der Waals surface area contributed by atoms with Crippen molar-refractivity contribution in [3.05, 3.63) is 58.8 Å². The highest BCUT2D eigenvalue weighted by atomic mass is 16.5. The van der Waals surface area contributed by atoms with E-state index in [1.807, 2.05) is 24.3 Å². The second kappa shape index (κ2) is 12.2. The summed E-state index contributed by atoms with van der Waals surface area (Å²) in [6.07, 6.45) is 0.641. The molecule has 33 heavy (non-hydrogen) atoms. The van der Waals surface area contributed by atoms with Crippen molar-refractivity contribution in [2.24, 2.45) is 0 Å². The summed E-state index contributed by atoms with van der Waals surface area (Å²) < 4.78 is 15.6. The quantitative estimate of drug-likeness (QED) is 0.413. The Hall–Kier alpha value is -4.68. The number of carbonyl (C=O) groups is 1. The van der Waals surface area contributed by atoms with E-state index in [1.165, 1.54) is 6.07 Å². The number of carbonyl (C=O) groups excluding carboxylic acids is 1. The Balaban J connectivity index is 2.29. The Morgan fingerprint density at radius 3 is 2.27 bits per heavy atom. The van der Waals surface area contributed by atoms with E-state index in [9.17, 15) is 10.1 Å². The predicted octanol–water partition coefficient (Wildman–Crippen LogP) is 3.77. The van der Waals surface area contributed by atoms with Gasteiger partial charge in [0.1, 0.15) is 23.9 Å². The number of hydrogen-bond donors (Lipinski definition) is 2. The lowest BCUT2D eigenvalue weighted by Gasteiger charge is -2.15. The molecule has 0 heterocycles. The fourth-order valence-corrected chi connectivity index (χ4v) is 2.94. The van der Waals surface area contributed by atoms with Gasteiger partial charge in [0.2, 0.25) is 0 Å². The van der Waals surface area contributed by atoms with Crippen LogP contribution in [0.15, 0.2) is 47.7 Å². The van der Waals surface area contributed by atoms with Crippen molar-refractivity contribution in [1.82, 2.24) is 0 Å². The fraction of sp³-hybridized carbons (Fsp3) is 0.250. The third-order valence-electron chi connectivity index (χ3n) is 4.55. The van der Waals surface area contributed by atoms with Crippen LogP contribution in [0.1, 0.15) is 22.8 Å². The molecule has 0 spiro atoms. The zero-order valence-corrected chi connectivity index (χ0v) is 18.6. The molecule has 0 unspecified atom stereocenters. The number of anilines is 2. The minimum atomic E-state index is -0.527. The average Bonchev–Trinajstić information content (AvgIpc) is 2.84. The van der Waals surface area contributed by atoms with Crippen molar-refractivity contribution in [2.75, 3.05) is 38.0 Å².